The SMILES string of the molecule is CN(C)CC(C)(C)C(=O)NC(CNc1ccn2ccnc2n1)C(C)(C)C. The van der Waals surface area contributed by atoms with Crippen molar-refractivity contribution in [2.45, 2.75) is 40.7 Å². The van der Waals surface area contributed by atoms with Gasteiger partial charge in [0.2, 0.25) is 11.7 Å². The Morgan fingerprint density at radius 3 is 2.54 bits per heavy atom. The number of aromatic nitrogens is 3. The van der Waals surface area contributed by atoms with E-state index in [-0.39, 0.29) is 17.4 Å². The lowest BCUT2D eigenvalue weighted by Gasteiger charge is -2.35. The third kappa shape index (κ3) is 5.17. The van der Waals surface area contributed by atoms with E-state index in [0.29, 0.717) is 18.9 Å². The minimum absolute atomic E-state index is 0.0331. The Kier molecular flexibility index (Phi) is 5.91. The fraction of sp³-hybridized carbons (Fsp3) is 0.632. The largest absolute Gasteiger partial charge is 0.368 e. The standard InChI is InChI=1S/C19H32N6O/c1-18(2,3)14(22-16(26)19(4,5)13-24(6)7)12-21-15-8-10-25-11-9-20-17(25)23-15/h8-11,14H,12-13H2,1-7H3,(H,22,26)(H,20,21,23). The quantitative estimate of drug-likeness (QED) is 0.792. The fourth-order valence-electron chi connectivity index (χ4n) is 2.90. The Morgan fingerprint density at radius 1 is 1.23 bits per heavy atom. The molecule has 0 aromatic carbocycles. The van der Waals surface area contributed by atoms with Crippen molar-refractivity contribution in [2.24, 2.45) is 10.8 Å². The molecule has 0 aliphatic carbocycles. The lowest BCUT2D eigenvalue weighted by atomic mass is 9.84. The Hall–Kier alpha value is -2.15. The number of carbonyl (C=O) groups excluding carboxylic acids is 1. The molecule has 2 aromatic heterocycles. The van der Waals surface area contributed by atoms with Crippen LogP contribution in [0.4, 0.5) is 5.82 Å². The topological polar surface area (TPSA) is 74.6 Å². The van der Waals surface area contributed by atoms with Crippen molar-refractivity contribution >= 4 is 17.5 Å². The number of hydrogen-bond donors (Lipinski definition) is 2. The van der Waals surface area contributed by atoms with Crippen LogP contribution in [0.3, 0.4) is 0 Å². The average Bonchev–Trinajstić information content (AvgIpc) is 2.96. The highest BCUT2D eigenvalue weighted by molar-refractivity contribution is 5.82. The first kappa shape index (κ1) is 20.2. The molecule has 2 heterocycles. The summed E-state index contributed by atoms with van der Waals surface area (Å²) in [6, 6.07) is 1.88. The summed E-state index contributed by atoms with van der Waals surface area (Å²) in [6.07, 6.45) is 5.50. The molecule has 1 amide bonds. The molecule has 0 fully saturated rings. The number of anilines is 1. The van der Waals surface area contributed by atoms with Crippen molar-refractivity contribution in [3.05, 3.63) is 24.7 Å². The molecule has 0 saturated heterocycles. The van der Waals surface area contributed by atoms with E-state index in [1.165, 1.54) is 0 Å². The second-order valence-electron chi connectivity index (χ2n) is 8.84. The molecule has 7 heteroatoms. The molecule has 0 aliphatic rings. The number of amides is 1. The minimum Gasteiger partial charge on any atom is -0.368 e. The first-order chi connectivity index (χ1) is 12.0. The molecule has 7 nitrogen and oxygen atoms in total. The van der Waals surface area contributed by atoms with Crippen LogP contribution in [0.25, 0.3) is 5.78 Å². The molecule has 26 heavy (non-hydrogen) atoms. The van der Waals surface area contributed by atoms with Gasteiger partial charge in [0.05, 0.1) is 11.5 Å². The number of nitrogens with zero attached hydrogens (tertiary/aromatic N) is 4. The first-order valence-corrected chi connectivity index (χ1v) is 8.98. The molecular formula is C19H32N6O. The van der Waals surface area contributed by atoms with E-state index in [1.807, 2.05) is 55.7 Å². The fourth-order valence-corrected chi connectivity index (χ4v) is 2.90. The van der Waals surface area contributed by atoms with Gasteiger partial charge in [-0.25, -0.2) is 4.98 Å². The Bertz CT molecular complexity index is 744. The van der Waals surface area contributed by atoms with Gasteiger partial charge in [0.1, 0.15) is 5.82 Å². The van der Waals surface area contributed by atoms with E-state index in [2.05, 4.69) is 41.4 Å². The minimum atomic E-state index is -0.458. The zero-order chi connectivity index (χ0) is 19.5. The number of hydrogen-bond acceptors (Lipinski definition) is 5. The van der Waals surface area contributed by atoms with Crippen molar-refractivity contribution in [3.8, 4) is 0 Å². The Labute approximate surface area is 156 Å². The summed E-state index contributed by atoms with van der Waals surface area (Å²) in [7, 11) is 3.96. The van der Waals surface area contributed by atoms with Crippen LogP contribution in [0.2, 0.25) is 0 Å². The zero-order valence-corrected chi connectivity index (χ0v) is 17.0. The summed E-state index contributed by atoms with van der Waals surface area (Å²) in [5, 5.41) is 6.57. The third-order valence-corrected chi connectivity index (χ3v) is 4.43. The van der Waals surface area contributed by atoms with Crippen LogP contribution >= 0.6 is 0 Å². The van der Waals surface area contributed by atoms with Gasteiger partial charge in [-0.3, -0.25) is 9.20 Å². The molecule has 0 spiro atoms. The molecular weight excluding hydrogens is 328 g/mol. The maximum atomic E-state index is 12.8. The van der Waals surface area contributed by atoms with Gasteiger partial charge in [0.15, 0.2) is 0 Å². The van der Waals surface area contributed by atoms with Crippen LogP contribution in [-0.2, 0) is 4.79 Å². The van der Waals surface area contributed by atoms with Gasteiger partial charge in [-0.1, -0.05) is 20.8 Å². The number of rotatable bonds is 7. The van der Waals surface area contributed by atoms with Crippen LogP contribution in [0.15, 0.2) is 24.7 Å². The summed E-state index contributed by atoms with van der Waals surface area (Å²) < 4.78 is 1.86. The van der Waals surface area contributed by atoms with Crippen LogP contribution < -0.4 is 10.6 Å². The predicted octanol–water partition coefficient (Wildman–Crippen LogP) is 2.26. The second-order valence-corrected chi connectivity index (χ2v) is 8.84. The maximum absolute atomic E-state index is 12.8. The van der Waals surface area contributed by atoms with Gasteiger partial charge in [0.25, 0.3) is 0 Å². The highest BCUT2D eigenvalue weighted by Gasteiger charge is 2.33. The van der Waals surface area contributed by atoms with E-state index in [0.717, 1.165) is 5.82 Å². The zero-order valence-electron chi connectivity index (χ0n) is 17.0. The van der Waals surface area contributed by atoms with E-state index in [1.54, 1.807) is 6.20 Å². The van der Waals surface area contributed by atoms with Gasteiger partial charge in [-0.15, -0.1) is 0 Å². The Balaban J connectivity index is 2.06. The molecule has 2 aromatic rings. The molecule has 2 N–H and O–H groups in total. The van der Waals surface area contributed by atoms with Crippen LogP contribution in [0, 0.1) is 10.8 Å². The normalized spacial score (nSPS) is 13.8. The average molecular weight is 361 g/mol. The smallest absolute Gasteiger partial charge is 0.235 e. The van der Waals surface area contributed by atoms with Crippen molar-refractivity contribution in [1.29, 1.82) is 0 Å². The highest BCUT2D eigenvalue weighted by atomic mass is 16.2. The van der Waals surface area contributed by atoms with Gasteiger partial charge in [-0.05, 0) is 39.4 Å². The molecule has 0 aliphatic heterocycles. The summed E-state index contributed by atoms with van der Waals surface area (Å²) in [6.45, 7) is 11.6. The van der Waals surface area contributed by atoms with E-state index < -0.39 is 5.41 Å². The van der Waals surface area contributed by atoms with Crippen LogP contribution in [-0.4, -0.2) is 58.4 Å². The summed E-state index contributed by atoms with van der Waals surface area (Å²) in [5.74, 6) is 1.46. The molecule has 0 saturated carbocycles. The van der Waals surface area contributed by atoms with Crippen LogP contribution in [0.5, 0.6) is 0 Å². The lowest BCUT2D eigenvalue weighted by Crippen LogP contribution is -2.53. The number of fused-ring (bicyclic) bond motifs is 1. The van der Waals surface area contributed by atoms with E-state index in [4.69, 9.17) is 0 Å². The second kappa shape index (κ2) is 7.61. The summed E-state index contributed by atoms with van der Waals surface area (Å²) >= 11 is 0. The highest BCUT2D eigenvalue weighted by Crippen LogP contribution is 2.23. The van der Waals surface area contributed by atoms with Gasteiger partial charge in [0, 0.05) is 31.7 Å². The van der Waals surface area contributed by atoms with Crippen molar-refractivity contribution in [3.63, 3.8) is 0 Å². The first-order valence-electron chi connectivity index (χ1n) is 8.98. The molecule has 0 radical (unpaired) electrons. The van der Waals surface area contributed by atoms with Crippen LogP contribution in [0.1, 0.15) is 34.6 Å². The third-order valence-electron chi connectivity index (χ3n) is 4.43. The molecule has 1 atom stereocenters. The lowest BCUT2D eigenvalue weighted by molar-refractivity contribution is -0.131. The molecule has 0 bridgehead atoms. The van der Waals surface area contributed by atoms with Crippen molar-refractivity contribution < 1.29 is 4.79 Å². The van der Waals surface area contributed by atoms with Gasteiger partial charge < -0.3 is 15.5 Å². The monoisotopic (exact) mass is 360 g/mol. The van der Waals surface area contributed by atoms with Crippen molar-refractivity contribution in [2.75, 3.05) is 32.5 Å². The van der Waals surface area contributed by atoms with Gasteiger partial charge in [-0.2, -0.15) is 4.98 Å². The summed E-state index contributed by atoms with van der Waals surface area (Å²) in [4.78, 5) is 23.5. The number of imidazole rings is 1. The molecule has 144 valence electrons. The van der Waals surface area contributed by atoms with Crippen molar-refractivity contribution in [1.82, 2.24) is 24.6 Å². The summed E-state index contributed by atoms with van der Waals surface area (Å²) in [5.41, 5.74) is -0.547. The molecule has 2 rings (SSSR count). The Morgan fingerprint density at radius 2 is 1.92 bits per heavy atom. The van der Waals surface area contributed by atoms with Gasteiger partial charge >= 0.3 is 0 Å². The van der Waals surface area contributed by atoms with E-state index in [9.17, 15) is 4.79 Å². The maximum Gasteiger partial charge on any atom is 0.235 e. The number of nitrogens with one attached hydrogen (secondary N) is 2. The predicted molar refractivity (Wildman–Crippen MR) is 105 cm³/mol. The number of carbonyl (C=O) groups is 1. The van der Waals surface area contributed by atoms with E-state index >= 15 is 0 Å². The molecule has 1 unspecified atom stereocenters.